The minimum atomic E-state index is -0.238. The van der Waals surface area contributed by atoms with E-state index >= 15 is 0 Å². The van der Waals surface area contributed by atoms with E-state index in [-0.39, 0.29) is 11.7 Å². The summed E-state index contributed by atoms with van der Waals surface area (Å²) in [5.74, 6) is 0.296. The van der Waals surface area contributed by atoms with Gasteiger partial charge in [0.2, 0.25) is 11.8 Å². The van der Waals surface area contributed by atoms with Crippen molar-refractivity contribution < 1.29 is 9.21 Å². The second-order valence-electron chi connectivity index (χ2n) is 4.64. The Morgan fingerprint density at radius 1 is 1.35 bits per heavy atom. The van der Waals surface area contributed by atoms with Crippen molar-refractivity contribution in [1.82, 2.24) is 4.98 Å². The van der Waals surface area contributed by atoms with Crippen molar-refractivity contribution in [2.24, 2.45) is 0 Å². The lowest BCUT2D eigenvalue weighted by molar-refractivity contribution is -0.113. The van der Waals surface area contributed by atoms with E-state index in [1.54, 1.807) is 36.4 Å². The molecule has 0 aliphatic heterocycles. The summed E-state index contributed by atoms with van der Waals surface area (Å²) in [6.07, 6.45) is 0. The fourth-order valence-corrected chi connectivity index (χ4v) is 2.48. The number of carbonyl (C=O) groups excluding carboxylic acids is 1. The number of nitriles is 1. The van der Waals surface area contributed by atoms with Crippen molar-refractivity contribution in [1.29, 1.82) is 5.26 Å². The molecule has 1 N–H and O–H groups in total. The van der Waals surface area contributed by atoms with Crippen LogP contribution in [-0.4, -0.2) is 16.6 Å². The van der Waals surface area contributed by atoms with Crippen LogP contribution in [0.2, 0.25) is 5.02 Å². The number of benzene rings is 2. The van der Waals surface area contributed by atoms with E-state index in [1.165, 1.54) is 0 Å². The van der Waals surface area contributed by atoms with Gasteiger partial charge in [-0.05, 0) is 48.2 Å². The van der Waals surface area contributed by atoms with Crippen molar-refractivity contribution >= 4 is 46.1 Å². The number of anilines is 1. The molecular formula is C16H10ClN3O2S. The van der Waals surface area contributed by atoms with Crippen LogP contribution in [0.15, 0.2) is 46.9 Å². The zero-order chi connectivity index (χ0) is 16.2. The van der Waals surface area contributed by atoms with Crippen LogP contribution in [0.1, 0.15) is 0 Å². The zero-order valence-corrected chi connectivity index (χ0v) is 13.3. The fourth-order valence-electron chi connectivity index (χ4n) is 2.05. The van der Waals surface area contributed by atoms with Crippen LogP contribution in [0.25, 0.3) is 22.6 Å². The number of aromatic nitrogens is 1. The predicted octanol–water partition coefficient (Wildman–Crippen LogP) is 4.30. The van der Waals surface area contributed by atoms with Gasteiger partial charge in [-0.1, -0.05) is 17.7 Å². The third kappa shape index (κ3) is 3.65. The highest BCUT2D eigenvalue weighted by atomic mass is 35.5. The first-order chi connectivity index (χ1) is 11.2. The monoisotopic (exact) mass is 343 g/mol. The average molecular weight is 344 g/mol. The summed E-state index contributed by atoms with van der Waals surface area (Å²) >= 11 is 6.83. The van der Waals surface area contributed by atoms with Crippen LogP contribution in [0.4, 0.5) is 5.69 Å². The molecular weight excluding hydrogens is 334 g/mol. The van der Waals surface area contributed by atoms with Crippen molar-refractivity contribution in [3.8, 4) is 16.9 Å². The Labute approximate surface area is 141 Å². The molecule has 0 aliphatic rings. The average Bonchev–Trinajstić information content (AvgIpc) is 2.96. The molecule has 0 aliphatic carbocycles. The number of halogens is 1. The van der Waals surface area contributed by atoms with Crippen molar-refractivity contribution in [3.05, 3.63) is 47.5 Å². The van der Waals surface area contributed by atoms with Gasteiger partial charge in [0.15, 0.2) is 5.58 Å². The van der Waals surface area contributed by atoms with E-state index in [2.05, 4.69) is 10.3 Å². The zero-order valence-electron chi connectivity index (χ0n) is 11.7. The number of hydrogen-bond acceptors (Lipinski definition) is 5. The molecule has 0 saturated heterocycles. The Balaban J connectivity index is 1.86. The molecule has 114 valence electrons. The Morgan fingerprint density at radius 3 is 3.04 bits per heavy atom. The topological polar surface area (TPSA) is 78.9 Å². The van der Waals surface area contributed by atoms with E-state index in [0.29, 0.717) is 27.7 Å². The second-order valence-corrected chi connectivity index (χ2v) is 5.84. The SMILES string of the molecule is N#CSCC(=O)Nc1cccc(-c2nc3cc(Cl)ccc3o2)c1. The molecule has 0 spiro atoms. The minimum Gasteiger partial charge on any atom is -0.436 e. The van der Waals surface area contributed by atoms with E-state index in [1.807, 2.05) is 11.5 Å². The number of hydrogen-bond donors (Lipinski definition) is 1. The molecule has 0 radical (unpaired) electrons. The van der Waals surface area contributed by atoms with Crippen LogP contribution < -0.4 is 5.32 Å². The number of rotatable bonds is 4. The predicted molar refractivity (Wildman–Crippen MR) is 91.2 cm³/mol. The van der Waals surface area contributed by atoms with Gasteiger partial charge in [-0.25, -0.2) is 4.98 Å². The van der Waals surface area contributed by atoms with Gasteiger partial charge >= 0.3 is 0 Å². The molecule has 1 heterocycles. The molecule has 7 heteroatoms. The van der Waals surface area contributed by atoms with Crippen LogP contribution in [0.3, 0.4) is 0 Å². The van der Waals surface area contributed by atoms with Gasteiger partial charge in [0, 0.05) is 16.3 Å². The second kappa shape index (κ2) is 6.73. The largest absolute Gasteiger partial charge is 0.436 e. The molecule has 5 nitrogen and oxygen atoms in total. The van der Waals surface area contributed by atoms with Gasteiger partial charge in [0.1, 0.15) is 10.9 Å². The highest BCUT2D eigenvalue weighted by Gasteiger charge is 2.10. The summed E-state index contributed by atoms with van der Waals surface area (Å²) in [6, 6.07) is 12.4. The Hall–Kier alpha value is -2.49. The number of amides is 1. The summed E-state index contributed by atoms with van der Waals surface area (Å²) in [5, 5.41) is 13.6. The number of thiocyanates is 1. The number of nitrogens with zero attached hydrogens (tertiary/aromatic N) is 2. The maximum atomic E-state index is 11.7. The molecule has 3 rings (SSSR count). The first-order valence-electron chi connectivity index (χ1n) is 6.63. The lowest BCUT2D eigenvalue weighted by Crippen LogP contribution is -2.13. The van der Waals surface area contributed by atoms with E-state index in [0.717, 1.165) is 17.3 Å². The lowest BCUT2D eigenvalue weighted by Gasteiger charge is -2.04. The lowest BCUT2D eigenvalue weighted by atomic mass is 10.2. The smallest absolute Gasteiger partial charge is 0.235 e. The summed E-state index contributed by atoms with van der Waals surface area (Å²) in [7, 11) is 0. The highest BCUT2D eigenvalue weighted by molar-refractivity contribution is 8.04. The number of nitrogens with one attached hydrogen (secondary N) is 1. The van der Waals surface area contributed by atoms with Crippen molar-refractivity contribution in [2.75, 3.05) is 11.1 Å². The highest BCUT2D eigenvalue weighted by Crippen LogP contribution is 2.27. The fraction of sp³-hybridized carbons (Fsp3) is 0.0625. The van der Waals surface area contributed by atoms with Crippen LogP contribution in [0, 0.1) is 10.7 Å². The molecule has 0 unspecified atom stereocenters. The summed E-state index contributed by atoms with van der Waals surface area (Å²) in [5.41, 5.74) is 2.67. The summed E-state index contributed by atoms with van der Waals surface area (Å²) in [4.78, 5) is 16.1. The molecule has 1 amide bonds. The van der Waals surface area contributed by atoms with E-state index < -0.39 is 0 Å². The van der Waals surface area contributed by atoms with Crippen LogP contribution in [-0.2, 0) is 4.79 Å². The third-order valence-corrected chi connectivity index (χ3v) is 3.78. The number of carbonyl (C=O) groups is 1. The summed E-state index contributed by atoms with van der Waals surface area (Å²) < 4.78 is 5.70. The molecule has 23 heavy (non-hydrogen) atoms. The molecule has 3 aromatic rings. The normalized spacial score (nSPS) is 10.4. The Kier molecular flexibility index (Phi) is 4.51. The first-order valence-corrected chi connectivity index (χ1v) is 7.99. The first kappa shape index (κ1) is 15.4. The standard InChI is InChI=1S/C16H10ClN3O2S/c17-11-4-5-14-13(7-11)20-16(22-14)10-2-1-3-12(6-10)19-15(21)8-23-9-18/h1-7H,8H2,(H,19,21). The van der Waals surface area contributed by atoms with Gasteiger partial charge in [-0.15, -0.1) is 0 Å². The molecule has 1 aromatic heterocycles. The molecule has 0 atom stereocenters. The van der Waals surface area contributed by atoms with Gasteiger partial charge in [-0.2, -0.15) is 5.26 Å². The van der Waals surface area contributed by atoms with E-state index in [9.17, 15) is 4.79 Å². The number of oxazole rings is 1. The maximum absolute atomic E-state index is 11.7. The molecule has 0 bridgehead atoms. The quantitative estimate of drug-likeness (QED) is 0.714. The van der Waals surface area contributed by atoms with Crippen LogP contribution in [0.5, 0.6) is 0 Å². The van der Waals surface area contributed by atoms with Gasteiger partial charge in [0.25, 0.3) is 0 Å². The number of fused-ring (bicyclic) bond motifs is 1. The van der Waals surface area contributed by atoms with Gasteiger partial charge < -0.3 is 9.73 Å². The Morgan fingerprint density at radius 2 is 2.22 bits per heavy atom. The van der Waals surface area contributed by atoms with Crippen molar-refractivity contribution in [3.63, 3.8) is 0 Å². The Bertz CT molecular complexity index is 917. The number of thioether (sulfide) groups is 1. The molecule has 2 aromatic carbocycles. The van der Waals surface area contributed by atoms with Crippen molar-refractivity contribution in [2.45, 2.75) is 0 Å². The third-order valence-electron chi connectivity index (χ3n) is 3.01. The molecule has 0 fully saturated rings. The van der Waals surface area contributed by atoms with Gasteiger partial charge in [-0.3, -0.25) is 4.79 Å². The maximum Gasteiger partial charge on any atom is 0.235 e. The minimum absolute atomic E-state index is 0.0854. The summed E-state index contributed by atoms with van der Waals surface area (Å²) in [6.45, 7) is 0. The molecule has 0 saturated carbocycles. The van der Waals surface area contributed by atoms with Gasteiger partial charge in [0.05, 0.1) is 5.75 Å². The van der Waals surface area contributed by atoms with E-state index in [4.69, 9.17) is 21.3 Å². The van der Waals surface area contributed by atoms with Crippen LogP contribution >= 0.6 is 23.4 Å².